The number of amides is 1. The highest BCUT2D eigenvalue weighted by Crippen LogP contribution is 2.28. The Morgan fingerprint density at radius 2 is 1.74 bits per heavy atom. The molecule has 1 aliphatic heterocycles. The van der Waals surface area contributed by atoms with Gasteiger partial charge in [0.05, 0.1) is 6.04 Å². The molecule has 27 heavy (non-hydrogen) atoms. The lowest BCUT2D eigenvalue weighted by Crippen LogP contribution is -2.41. The molecule has 1 saturated heterocycles. The van der Waals surface area contributed by atoms with Crippen molar-refractivity contribution in [1.29, 1.82) is 0 Å². The molecule has 3 rings (SSSR count). The van der Waals surface area contributed by atoms with E-state index in [0.29, 0.717) is 16.6 Å². The first-order valence-corrected chi connectivity index (χ1v) is 9.90. The number of rotatable bonds is 5. The molecule has 1 fully saturated rings. The van der Waals surface area contributed by atoms with Crippen molar-refractivity contribution in [1.82, 2.24) is 10.2 Å². The van der Waals surface area contributed by atoms with Crippen molar-refractivity contribution in [2.24, 2.45) is 5.92 Å². The van der Waals surface area contributed by atoms with E-state index in [1.807, 2.05) is 25.1 Å². The topological polar surface area (TPSA) is 32.3 Å². The summed E-state index contributed by atoms with van der Waals surface area (Å²) < 4.78 is 13.0. The summed E-state index contributed by atoms with van der Waals surface area (Å²) in [6.07, 6.45) is 1.59. The standard InChI is InChI=1S/C21H23Cl2FN2O/c1-14(15-5-7-17(24)8-6-15)25-21(27)16-9-11-26(12-10-16)13-18-19(22)3-2-4-20(18)23/h2-8,14,16H,9-13H2,1H3,(H,25,27)/t14-/m0/s1. The summed E-state index contributed by atoms with van der Waals surface area (Å²) >= 11 is 12.5. The van der Waals surface area contributed by atoms with Gasteiger partial charge in [0.1, 0.15) is 5.82 Å². The number of carbonyl (C=O) groups is 1. The van der Waals surface area contributed by atoms with Gasteiger partial charge in [0.15, 0.2) is 0 Å². The lowest BCUT2D eigenvalue weighted by Gasteiger charge is -2.32. The van der Waals surface area contributed by atoms with Crippen molar-refractivity contribution in [3.63, 3.8) is 0 Å². The van der Waals surface area contributed by atoms with Crippen LogP contribution in [0.5, 0.6) is 0 Å². The predicted molar refractivity (Wildman–Crippen MR) is 107 cm³/mol. The number of hydrogen-bond acceptors (Lipinski definition) is 2. The Balaban J connectivity index is 1.51. The Labute approximate surface area is 169 Å². The second-order valence-electron chi connectivity index (χ2n) is 7.03. The predicted octanol–water partition coefficient (Wildman–Crippen LogP) is 5.22. The minimum Gasteiger partial charge on any atom is -0.349 e. The summed E-state index contributed by atoms with van der Waals surface area (Å²) in [6.45, 7) is 4.26. The third-order valence-corrected chi connectivity index (χ3v) is 5.84. The van der Waals surface area contributed by atoms with Gasteiger partial charge in [-0.05, 0) is 62.7 Å². The van der Waals surface area contributed by atoms with Crippen molar-refractivity contribution in [3.05, 3.63) is 69.5 Å². The first-order valence-electron chi connectivity index (χ1n) is 9.15. The van der Waals surface area contributed by atoms with E-state index in [1.165, 1.54) is 12.1 Å². The van der Waals surface area contributed by atoms with Gasteiger partial charge in [-0.3, -0.25) is 9.69 Å². The monoisotopic (exact) mass is 408 g/mol. The van der Waals surface area contributed by atoms with Gasteiger partial charge < -0.3 is 5.32 Å². The molecule has 1 aliphatic rings. The Kier molecular flexibility index (Phi) is 6.74. The minimum absolute atomic E-state index is 0.00846. The van der Waals surface area contributed by atoms with Gasteiger partial charge in [-0.2, -0.15) is 0 Å². The van der Waals surface area contributed by atoms with Crippen LogP contribution >= 0.6 is 23.2 Å². The fourth-order valence-electron chi connectivity index (χ4n) is 3.43. The van der Waals surface area contributed by atoms with E-state index in [4.69, 9.17) is 23.2 Å². The summed E-state index contributed by atoms with van der Waals surface area (Å²) in [7, 11) is 0. The van der Waals surface area contributed by atoms with Crippen LogP contribution in [0.3, 0.4) is 0 Å². The van der Waals surface area contributed by atoms with Crippen LogP contribution in [0, 0.1) is 11.7 Å². The first-order chi connectivity index (χ1) is 12.9. The Bertz CT molecular complexity index is 769. The smallest absolute Gasteiger partial charge is 0.223 e. The summed E-state index contributed by atoms with van der Waals surface area (Å²) in [4.78, 5) is 14.9. The summed E-state index contributed by atoms with van der Waals surface area (Å²) in [5.74, 6) is -0.226. The number of nitrogens with zero attached hydrogens (tertiary/aromatic N) is 1. The van der Waals surface area contributed by atoms with Crippen LogP contribution in [0.15, 0.2) is 42.5 Å². The van der Waals surface area contributed by atoms with Gasteiger partial charge in [-0.1, -0.05) is 41.4 Å². The number of piperidine rings is 1. The molecule has 0 spiro atoms. The van der Waals surface area contributed by atoms with E-state index in [1.54, 1.807) is 12.1 Å². The molecular formula is C21H23Cl2FN2O. The molecule has 0 bridgehead atoms. The Morgan fingerprint density at radius 1 is 1.15 bits per heavy atom. The van der Waals surface area contributed by atoms with Crippen molar-refractivity contribution in [3.8, 4) is 0 Å². The Hall–Kier alpha value is -1.62. The fraction of sp³-hybridized carbons (Fsp3) is 0.381. The fourth-order valence-corrected chi connectivity index (χ4v) is 3.94. The largest absolute Gasteiger partial charge is 0.349 e. The summed E-state index contributed by atoms with van der Waals surface area (Å²) in [5, 5.41) is 4.40. The summed E-state index contributed by atoms with van der Waals surface area (Å²) in [6, 6.07) is 11.6. The number of carbonyl (C=O) groups excluding carboxylic acids is 1. The number of nitrogens with one attached hydrogen (secondary N) is 1. The van der Waals surface area contributed by atoms with Crippen LogP contribution in [0.1, 0.15) is 36.9 Å². The zero-order valence-corrected chi connectivity index (χ0v) is 16.7. The van der Waals surface area contributed by atoms with Crippen LogP contribution in [0.4, 0.5) is 4.39 Å². The lowest BCUT2D eigenvalue weighted by atomic mass is 9.95. The molecule has 144 valence electrons. The maximum Gasteiger partial charge on any atom is 0.223 e. The molecule has 0 aliphatic carbocycles. The molecule has 2 aromatic rings. The molecule has 2 aromatic carbocycles. The zero-order chi connectivity index (χ0) is 19.4. The normalized spacial score (nSPS) is 16.9. The van der Waals surface area contributed by atoms with Crippen LogP contribution in [0.2, 0.25) is 10.0 Å². The van der Waals surface area contributed by atoms with Gasteiger partial charge in [0.25, 0.3) is 0 Å². The third kappa shape index (κ3) is 5.22. The molecule has 0 aromatic heterocycles. The van der Waals surface area contributed by atoms with Gasteiger partial charge in [-0.15, -0.1) is 0 Å². The average Bonchev–Trinajstić information content (AvgIpc) is 2.66. The Morgan fingerprint density at radius 3 is 2.33 bits per heavy atom. The molecule has 0 radical (unpaired) electrons. The third-order valence-electron chi connectivity index (χ3n) is 5.13. The highest BCUT2D eigenvalue weighted by molar-refractivity contribution is 6.35. The number of benzene rings is 2. The van der Waals surface area contributed by atoms with Crippen LogP contribution < -0.4 is 5.32 Å². The zero-order valence-electron chi connectivity index (χ0n) is 15.2. The van der Waals surface area contributed by atoms with Crippen molar-refractivity contribution in [2.75, 3.05) is 13.1 Å². The maximum atomic E-state index is 13.0. The van der Waals surface area contributed by atoms with Crippen molar-refractivity contribution >= 4 is 29.1 Å². The van der Waals surface area contributed by atoms with Crippen LogP contribution in [0.25, 0.3) is 0 Å². The molecule has 1 atom stereocenters. The van der Waals surface area contributed by atoms with Crippen LogP contribution in [-0.4, -0.2) is 23.9 Å². The maximum absolute atomic E-state index is 13.0. The molecule has 1 N–H and O–H groups in total. The van der Waals surface area contributed by atoms with E-state index in [0.717, 1.165) is 37.1 Å². The van der Waals surface area contributed by atoms with E-state index in [2.05, 4.69) is 10.2 Å². The molecule has 0 unspecified atom stereocenters. The molecular weight excluding hydrogens is 386 g/mol. The van der Waals surface area contributed by atoms with E-state index < -0.39 is 0 Å². The lowest BCUT2D eigenvalue weighted by molar-refractivity contribution is -0.127. The molecule has 3 nitrogen and oxygen atoms in total. The van der Waals surface area contributed by atoms with E-state index in [9.17, 15) is 9.18 Å². The van der Waals surface area contributed by atoms with Gasteiger partial charge in [-0.25, -0.2) is 4.39 Å². The quantitative estimate of drug-likeness (QED) is 0.734. The van der Waals surface area contributed by atoms with E-state index in [-0.39, 0.29) is 23.7 Å². The van der Waals surface area contributed by atoms with Crippen LogP contribution in [-0.2, 0) is 11.3 Å². The van der Waals surface area contributed by atoms with Gasteiger partial charge >= 0.3 is 0 Å². The van der Waals surface area contributed by atoms with Gasteiger partial charge in [0.2, 0.25) is 5.91 Å². The molecule has 1 heterocycles. The highest BCUT2D eigenvalue weighted by atomic mass is 35.5. The van der Waals surface area contributed by atoms with Gasteiger partial charge in [0, 0.05) is 28.1 Å². The van der Waals surface area contributed by atoms with E-state index >= 15 is 0 Å². The minimum atomic E-state index is -0.275. The molecule has 1 amide bonds. The summed E-state index contributed by atoms with van der Waals surface area (Å²) in [5.41, 5.74) is 1.84. The average molecular weight is 409 g/mol. The number of hydrogen-bond donors (Lipinski definition) is 1. The molecule has 0 saturated carbocycles. The SMILES string of the molecule is C[C@H](NC(=O)C1CCN(Cc2c(Cl)cccc2Cl)CC1)c1ccc(F)cc1. The highest BCUT2D eigenvalue weighted by Gasteiger charge is 2.26. The molecule has 6 heteroatoms. The first kappa shape index (κ1) is 20.1. The second kappa shape index (κ2) is 9.05. The second-order valence-corrected chi connectivity index (χ2v) is 7.85. The van der Waals surface area contributed by atoms with Crippen molar-refractivity contribution < 1.29 is 9.18 Å². The number of halogens is 3. The van der Waals surface area contributed by atoms with Crippen molar-refractivity contribution in [2.45, 2.75) is 32.4 Å². The number of likely N-dealkylation sites (tertiary alicyclic amines) is 1.